The number of benzene rings is 2. The Morgan fingerprint density at radius 2 is 1.05 bits per heavy atom. The summed E-state index contributed by atoms with van der Waals surface area (Å²) in [6.07, 6.45) is 8.69. The minimum atomic E-state index is -0.334. The van der Waals surface area contributed by atoms with E-state index >= 15 is 0 Å². The van der Waals surface area contributed by atoms with Gasteiger partial charge in [-0.2, -0.15) is 0 Å². The van der Waals surface area contributed by atoms with Gasteiger partial charge in [-0.25, -0.2) is 9.59 Å². The van der Waals surface area contributed by atoms with Gasteiger partial charge >= 0.3 is 11.3 Å². The van der Waals surface area contributed by atoms with Crippen LogP contribution in [0.15, 0.2) is 30.6 Å². The summed E-state index contributed by atoms with van der Waals surface area (Å²) in [5, 5.41) is 2.03. The Bertz CT molecular complexity index is 1690. The zero-order valence-electron chi connectivity index (χ0n) is 22.9. The van der Waals surface area contributed by atoms with Crippen molar-refractivity contribution in [2.24, 2.45) is 0 Å². The van der Waals surface area contributed by atoms with Crippen LogP contribution in [0.5, 0.6) is 0 Å². The van der Waals surface area contributed by atoms with Crippen LogP contribution in [0.1, 0.15) is 70.2 Å². The third-order valence-corrected chi connectivity index (χ3v) is 9.89. The number of hydrogen-bond donors (Lipinski definition) is 0. The fourth-order valence-corrected chi connectivity index (χ4v) is 7.98. The van der Waals surface area contributed by atoms with Gasteiger partial charge in [-0.05, 0) is 99.6 Å². The number of rotatable bonds is 2. The highest BCUT2D eigenvalue weighted by molar-refractivity contribution is 5.92. The molecule has 6 nitrogen and oxygen atoms in total. The van der Waals surface area contributed by atoms with Gasteiger partial charge in [-0.15, -0.1) is 0 Å². The summed E-state index contributed by atoms with van der Waals surface area (Å²) in [7, 11) is 0. The molecular weight excluding hydrogens is 488 g/mol. The third kappa shape index (κ3) is 3.33. The van der Waals surface area contributed by atoms with E-state index in [2.05, 4.69) is 21.9 Å². The van der Waals surface area contributed by atoms with E-state index in [1.807, 2.05) is 13.8 Å². The highest BCUT2D eigenvalue weighted by Gasteiger charge is 2.30. The van der Waals surface area contributed by atoms with Crippen LogP contribution in [0.2, 0.25) is 0 Å². The average molecular weight is 523 g/mol. The summed E-state index contributed by atoms with van der Waals surface area (Å²) in [6, 6.07) is 4.48. The van der Waals surface area contributed by atoms with Gasteiger partial charge in [0.1, 0.15) is 11.2 Å². The van der Waals surface area contributed by atoms with E-state index in [0.717, 1.165) is 111 Å². The van der Waals surface area contributed by atoms with Gasteiger partial charge in [-0.1, -0.05) is 0 Å². The minimum absolute atomic E-state index is 0.227. The summed E-state index contributed by atoms with van der Waals surface area (Å²) in [5.74, 6) is 0. The molecule has 0 saturated heterocycles. The second-order valence-corrected chi connectivity index (χ2v) is 12.0. The van der Waals surface area contributed by atoms with E-state index in [-0.39, 0.29) is 17.7 Å². The largest absolute Gasteiger partial charge is 0.422 e. The average Bonchev–Trinajstić information content (AvgIpc) is 2.94. The molecule has 8 rings (SSSR count). The lowest BCUT2D eigenvalue weighted by Gasteiger charge is -2.37. The molecule has 200 valence electrons. The molecule has 39 heavy (non-hydrogen) atoms. The molecule has 4 aromatic rings. The molecule has 6 heteroatoms. The van der Waals surface area contributed by atoms with E-state index in [0.29, 0.717) is 11.1 Å². The zero-order valence-corrected chi connectivity index (χ0v) is 22.9. The predicted molar refractivity (Wildman–Crippen MR) is 155 cm³/mol. The molecule has 0 spiro atoms. The van der Waals surface area contributed by atoms with Crippen molar-refractivity contribution in [3.8, 4) is 0 Å². The molecule has 0 bridgehead atoms. The lowest BCUT2D eigenvalue weighted by Crippen LogP contribution is -2.34. The molecule has 0 atom stereocenters. The summed E-state index contributed by atoms with van der Waals surface area (Å²) in [4.78, 5) is 31.9. The summed E-state index contributed by atoms with van der Waals surface area (Å²) >= 11 is 0. The summed E-state index contributed by atoms with van der Waals surface area (Å²) in [6.45, 7) is 8.34. The first-order chi connectivity index (χ1) is 19.0. The topological polar surface area (TPSA) is 66.9 Å². The normalized spacial score (nSPS) is 18.0. The van der Waals surface area contributed by atoms with Crippen molar-refractivity contribution in [1.29, 1.82) is 0 Å². The first-order valence-corrected chi connectivity index (χ1v) is 14.7. The zero-order chi connectivity index (χ0) is 26.4. The van der Waals surface area contributed by atoms with E-state index in [9.17, 15) is 9.59 Å². The van der Waals surface area contributed by atoms with Gasteiger partial charge in [0.25, 0.3) is 0 Å². The van der Waals surface area contributed by atoms with Gasteiger partial charge in [0.2, 0.25) is 0 Å². The maximum atomic E-state index is 13.5. The Kier molecular flexibility index (Phi) is 5.08. The minimum Gasteiger partial charge on any atom is -0.422 e. The van der Waals surface area contributed by atoms with E-state index in [1.165, 1.54) is 33.6 Å². The first kappa shape index (κ1) is 23.4. The van der Waals surface area contributed by atoms with Crippen molar-refractivity contribution in [1.82, 2.24) is 0 Å². The van der Waals surface area contributed by atoms with Crippen molar-refractivity contribution in [3.05, 3.63) is 77.5 Å². The van der Waals surface area contributed by atoms with Crippen LogP contribution in [-0.2, 0) is 32.1 Å². The standard InChI is InChI=1S/C33H34N2O4/c1-18-24-15-20-7-3-11-34-13-5-9-22(28(20)34)30(24)38-32(36)26(18)17-27-19(2)25-16-21-8-4-12-35-14-6-10-23(29(21)35)31(25)39-33(27)37/h15-16H,3-14,17H2,1-2H3. The van der Waals surface area contributed by atoms with Crippen LogP contribution in [0.3, 0.4) is 0 Å². The van der Waals surface area contributed by atoms with E-state index < -0.39 is 0 Å². The van der Waals surface area contributed by atoms with Crippen LogP contribution in [0.25, 0.3) is 21.9 Å². The molecular formula is C33H34N2O4. The SMILES string of the molecule is Cc1c(Cc2c(C)c3cc4c5c(c3oc2=O)CCCN5CCC4)c(=O)oc2c3c4c(cc12)CCCN4CCC3. The van der Waals surface area contributed by atoms with Crippen LogP contribution in [0, 0.1) is 13.8 Å². The van der Waals surface area contributed by atoms with Gasteiger partial charge in [0.15, 0.2) is 0 Å². The number of nitrogens with zero attached hydrogens (tertiary/aromatic N) is 2. The highest BCUT2D eigenvalue weighted by atomic mass is 16.4. The summed E-state index contributed by atoms with van der Waals surface area (Å²) < 4.78 is 12.2. The lowest BCUT2D eigenvalue weighted by molar-refractivity contribution is 0.531. The Balaban J connectivity index is 1.30. The van der Waals surface area contributed by atoms with Crippen molar-refractivity contribution in [2.75, 3.05) is 36.0 Å². The molecule has 0 amide bonds. The summed E-state index contributed by atoms with van der Waals surface area (Å²) in [5.41, 5.74) is 11.5. The monoisotopic (exact) mass is 522 g/mol. The van der Waals surface area contributed by atoms with Gasteiger partial charge in [0.05, 0.1) is 0 Å². The molecule has 6 heterocycles. The molecule has 4 aliphatic rings. The molecule has 0 fully saturated rings. The van der Waals surface area contributed by atoms with Crippen LogP contribution < -0.4 is 21.1 Å². The lowest BCUT2D eigenvalue weighted by atomic mass is 9.87. The van der Waals surface area contributed by atoms with Gasteiger partial charge < -0.3 is 18.6 Å². The maximum Gasteiger partial charge on any atom is 0.340 e. The second-order valence-electron chi connectivity index (χ2n) is 12.0. The van der Waals surface area contributed by atoms with Crippen LogP contribution in [0.4, 0.5) is 11.4 Å². The third-order valence-electron chi connectivity index (χ3n) is 9.89. The van der Waals surface area contributed by atoms with E-state index in [4.69, 9.17) is 8.83 Å². The van der Waals surface area contributed by atoms with Crippen molar-refractivity contribution in [3.63, 3.8) is 0 Å². The Morgan fingerprint density at radius 1 is 0.641 bits per heavy atom. The Hall–Kier alpha value is -3.54. The highest BCUT2D eigenvalue weighted by Crippen LogP contribution is 2.42. The fourth-order valence-electron chi connectivity index (χ4n) is 7.98. The second kappa shape index (κ2) is 8.48. The van der Waals surface area contributed by atoms with Crippen molar-refractivity contribution < 1.29 is 8.83 Å². The number of fused-ring (bicyclic) bond motifs is 4. The first-order valence-electron chi connectivity index (χ1n) is 14.7. The molecule has 0 saturated carbocycles. The predicted octanol–water partition coefficient (Wildman–Crippen LogP) is 5.50. The van der Waals surface area contributed by atoms with Crippen LogP contribution >= 0.6 is 0 Å². The number of hydrogen-bond acceptors (Lipinski definition) is 6. The van der Waals surface area contributed by atoms with E-state index in [1.54, 1.807) is 0 Å². The molecule has 0 unspecified atom stereocenters. The van der Waals surface area contributed by atoms with Crippen molar-refractivity contribution >= 4 is 33.3 Å². The number of anilines is 2. The maximum absolute atomic E-state index is 13.5. The smallest absolute Gasteiger partial charge is 0.340 e. The molecule has 2 aromatic carbocycles. The van der Waals surface area contributed by atoms with Gasteiger partial charge in [0, 0.05) is 77.0 Å². The Morgan fingerprint density at radius 3 is 1.49 bits per heavy atom. The molecule has 0 radical (unpaired) electrons. The van der Waals surface area contributed by atoms with Crippen molar-refractivity contribution in [2.45, 2.75) is 71.6 Å². The molecule has 4 aliphatic heterocycles. The van der Waals surface area contributed by atoms with Gasteiger partial charge in [-0.3, -0.25) is 0 Å². The van der Waals surface area contributed by atoms with Crippen LogP contribution in [-0.4, -0.2) is 26.2 Å². The fraction of sp³-hybridized carbons (Fsp3) is 0.455. The molecule has 2 aromatic heterocycles. The molecule has 0 N–H and O–H groups in total. The molecule has 0 aliphatic carbocycles. The quantitative estimate of drug-likeness (QED) is 0.324. The Labute approximate surface area is 227 Å². The number of aryl methyl sites for hydroxylation is 6.